The van der Waals surface area contributed by atoms with Crippen LogP contribution in [0.4, 0.5) is 0 Å². The van der Waals surface area contributed by atoms with Crippen LogP contribution in [-0.2, 0) is 11.4 Å². The summed E-state index contributed by atoms with van der Waals surface area (Å²) in [6, 6.07) is 17.8. The van der Waals surface area contributed by atoms with E-state index in [9.17, 15) is 4.79 Å². The van der Waals surface area contributed by atoms with Gasteiger partial charge in [-0.3, -0.25) is 4.79 Å². The van der Waals surface area contributed by atoms with Crippen molar-refractivity contribution in [3.63, 3.8) is 0 Å². The summed E-state index contributed by atoms with van der Waals surface area (Å²) >= 11 is 0. The number of ether oxygens (including phenoxy) is 1. The molecule has 122 valence electrons. The summed E-state index contributed by atoms with van der Waals surface area (Å²) in [7, 11) is 0. The van der Waals surface area contributed by atoms with Gasteiger partial charge in [0.2, 0.25) is 5.91 Å². The molecule has 2 atom stereocenters. The van der Waals surface area contributed by atoms with Crippen LogP contribution in [0.5, 0.6) is 5.75 Å². The molecule has 2 aromatic carbocycles. The molecule has 0 radical (unpaired) electrons. The number of rotatable bonds is 7. The Balaban J connectivity index is 1.50. The van der Waals surface area contributed by atoms with Crippen molar-refractivity contribution >= 4 is 5.91 Å². The Morgan fingerprint density at radius 3 is 2.54 bits per heavy atom. The molecular weight excluding hydrogens is 302 g/mol. The molecule has 0 heterocycles. The number of nitrogens with zero attached hydrogens (tertiary/aromatic N) is 1. The third kappa shape index (κ3) is 4.12. The van der Waals surface area contributed by atoms with E-state index in [0.717, 1.165) is 17.7 Å². The molecule has 1 aliphatic rings. The monoisotopic (exact) mass is 321 g/mol. The average Bonchev–Trinajstić information content (AvgIpc) is 3.39. The number of hydrogen-bond acceptors (Lipinski definition) is 4. The molecular formula is C19H19N3O2. The van der Waals surface area contributed by atoms with Crippen molar-refractivity contribution in [3.05, 3.63) is 65.2 Å². The van der Waals surface area contributed by atoms with Gasteiger partial charge in [0, 0.05) is 12.0 Å². The van der Waals surface area contributed by atoms with Crippen LogP contribution in [0.25, 0.3) is 0 Å². The highest BCUT2D eigenvalue weighted by Crippen LogP contribution is 2.41. The first kappa shape index (κ1) is 16.0. The van der Waals surface area contributed by atoms with Gasteiger partial charge in [0.25, 0.3) is 0 Å². The number of nitrogens with one attached hydrogen (secondary N) is 1. The minimum Gasteiger partial charge on any atom is -0.489 e. The zero-order valence-corrected chi connectivity index (χ0v) is 13.2. The highest BCUT2D eigenvalue weighted by Gasteiger charge is 2.37. The SMILES string of the molecule is N#Cc1ccc(COc2ccc([C@H]3C[C@@H]3NCC(N)=O)cc2)cc1. The molecule has 0 bridgehead atoms. The number of nitriles is 1. The minimum absolute atomic E-state index is 0.229. The van der Waals surface area contributed by atoms with Crippen LogP contribution in [0.2, 0.25) is 0 Å². The van der Waals surface area contributed by atoms with E-state index in [0.29, 0.717) is 24.1 Å². The van der Waals surface area contributed by atoms with Crippen molar-refractivity contribution in [2.24, 2.45) is 5.73 Å². The van der Waals surface area contributed by atoms with Gasteiger partial charge in [-0.25, -0.2) is 0 Å². The first-order valence-corrected chi connectivity index (χ1v) is 7.89. The van der Waals surface area contributed by atoms with Crippen molar-refractivity contribution in [2.75, 3.05) is 6.54 Å². The molecule has 1 amide bonds. The molecule has 0 aromatic heterocycles. The number of nitrogens with two attached hydrogens (primary N) is 1. The molecule has 1 saturated carbocycles. The maximum Gasteiger partial charge on any atom is 0.231 e. The first-order chi connectivity index (χ1) is 11.7. The molecule has 3 N–H and O–H groups in total. The summed E-state index contributed by atoms with van der Waals surface area (Å²) in [4.78, 5) is 10.8. The molecule has 0 saturated heterocycles. The lowest BCUT2D eigenvalue weighted by molar-refractivity contribution is -0.117. The quantitative estimate of drug-likeness (QED) is 0.817. The summed E-state index contributed by atoms with van der Waals surface area (Å²) in [5.74, 6) is 0.925. The summed E-state index contributed by atoms with van der Waals surface area (Å²) in [5.41, 5.74) is 8.04. The molecule has 0 spiro atoms. The van der Waals surface area contributed by atoms with E-state index in [1.54, 1.807) is 12.1 Å². The van der Waals surface area contributed by atoms with E-state index >= 15 is 0 Å². The van der Waals surface area contributed by atoms with E-state index in [1.807, 2.05) is 24.3 Å². The van der Waals surface area contributed by atoms with Gasteiger partial charge in [0.05, 0.1) is 18.2 Å². The number of benzene rings is 2. The van der Waals surface area contributed by atoms with Crippen LogP contribution in [0.3, 0.4) is 0 Å². The third-order valence-electron chi connectivity index (χ3n) is 4.13. The van der Waals surface area contributed by atoms with E-state index in [1.165, 1.54) is 5.56 Å². The Kier molecular flexibility index (Phi) is 4.78. The summed E-state index contributed by atoms with van der Waals surface area (Å²) < 4.78 is 5.77. The minimum atomic E-state index is -0.327. The predicted molar refractivity (Wildman–Crippen MR) is 90.3 cm³/mol. The highest BCUT2D eigenvalue weighted by atomic mass is 16.5. The first-order valence-electron chi connectivity index (χ1n) is 7.89. The standard InChI is InChI=1S/C19H19N3O2/c20-10-13-1-3-14(4-2-13)12-24-16-7-5-15(6-8-16)17-9-18(17)22-11-19(21)23/h1-8,17-18,22H,9,11-12H2,(H2,21,23)/t17-,18+/m1/s1. The van der Waals surface area contributed by atoms with Crippen LogP contribution in [0.1, 0.15) is 29.0 Å². The Labute approximate surface area is 141 Å². The molecule has 3 rings (SSSR count). The normalized spacial score (nSPS) is 18.6. The summed E-state index contributed by atoms with van der Waals surface area (Å²) in [6.07, 6.45) is 1.03. The van der Waals surface area contributed by atoms with Gasteiger partial charge in [-0.2, -0.15) is 5.26 Å². The van der Waals surface area contributed by atoms with Gasteiger partial charge < -0.3 is 15.8 Å². The Morgan fingerprint density at radius 2 is 1.92 bits per heavy atom. The smallest absolute Gasteiger partial charge is 0.231 e. The number of amides is 1. The maximum atomic E-state index is 10.8. The van der Waals surface area contributed by atoms with Crippen molar-refractivity contribution < 1.29 is 9.53 Å². The topological polar surface area (TPSA) is 88.1 Å². The van der Waals surface area contributed by atoms with Gasteiger partial charge in [-0.05, 0) is 41.8 Å². The highest BCUT2D eigenvalue weighted by molar-refractivity contribution is 5.76. The lowest BCUT2D eigenvalue weighted by Gasteiger charge is -2.08. The molecule has 5 nitrogen and oxygen atoms in total. The van der Waals surface area contributed by atoms with Gasteiger partial charge >= 0.3 is 0 Å². The van der Waals surface area contributed by atoms with Crippen molar-refractivity contribution in [1.82, 2.24) is 5.32 Å². The lowest BCUT2D eigenvalue weighted by atomic mass is 10.1. The second-order valence-electron chi connectivity index (χ2n) is 5.96. The third-order valence-corrected chi connectivity index (χ3v) is 4.13. The van der Waals surface area contributed by atoms with Crippen LogP contribution >= 0.6 is 0 Å². The molecule has 2 aromatic rings. The van der Waals surface area contributed by atoms with Gasteiger partial charge in [-0.15, -0.1) is 0 Å². The average molecular weight is 321 g/mol. The number of hydrogen-bond donors (Lipinski definition) is 2. The molecule has 1 fully saturated rings. The zero-order chi connectivity index (χ0) is 16.9. The van der Waals surface area contributed by atoms with Crippen molar-refractivity contribution in [1.29, 1.82) is 5.26 Å². The van der Waals surface area contributed by atoms with E-state index < -0.39 is 0 Å². The van der Waals surface area contributed by atoms with Gasteiger partial charge in [-0.1, -0.05) is 24.3 Å². The van der Waals surface area contributed by atoms with Crippen molar-refractivity contribution in [2.45, 2.75) is 25.0 Å². The predicted octanol–water partition coefficient (Wildman–Crippen LogP) is 2.07. The van der Waals surface area contributed by atoms with E-state index in [2.05, 4.69) is 23.5 Å². The van der Waals surface area contributed by atoms with Crippen LogP contribution in [0.15, 0.2) is 48.5 Å². The molecule has 1 aliphatic carbocycles. The summed E-state index contributed by atoms with van der Waals surface area (Å²) in [6.45, 7) is 0.699. The van der Waals surface area contributed by atoms with Gasteiger partial charge in [0.1, 0.15) is 12.4 Å². The fourth-order valence-corrected chi connectivity index (χ4v) is 2.67. The molecule has 5 heteroatoms. The van der Waals surface area contributed by atoms with E-state index in [4.69, 9.17) is 15.7 Å². The Bertz CT molecular complexity index is 748. The number of primary amides is 1. The van der Waals surface area contributed by atoms with E-state index in [-0.39, 0.29) is 12.5 Å². The Hall–Kier alpha value is -2.84. The van der Waals surface area contributed by atoms with Crippen LogP contribution < -0.4 is 15.8 Å². The van der Waals surface area contributed by atoms with Gasteiger partial charge in [0.15, 0.2) is 0 Å². The number of carbonyl (C=O) groups excluding carboxylic acids is 1. The molecule has 0 unspecified atom stereocenters. The molecule has 24 heavy (non-hydrogen) atoms. The van der Waals surface area contributed by atoms with Crippen molar-refractivity contribution in [3.8, 4) is 11.8 Å². The lowest BCUT2D eigenvalue weighted by Crippen LogP contribution is -2.30. The fraction of sp³-hybridized carbons (Fsp3) is 0.263. The maximum absolute atomic E-state index is 10.8. The summed E-state index contributed by atoms with van der Waals surface area (Å²) in [5, 5.41) is 11.9. The van der Waals surface area contributed by atoms with Crippen LogP contribution in [-0.4, -0.2) is 18.5 Å². The second kappa shape index (κ2) is 7.16. The second-order valence-corrected chi connectivity index (χ2v) is 5.96. The fourth-order valence-electron chi connectivity index (χ4n) is 2.67. The zero-order valence-electron chi connectivity index (χ0n) is 13.2. The number of carbonyl (C=O) groups is 1. The Morgan fingerprint density at radius 1 is 1.21 bits per heavy atom. The van der Waals surface area contributed by atoms with Crippen LogP contribution in [0, 0.1) is 11.3 Å². The molecule has 0 aliphatic heterocycles. The largest absolute Gasteiger partial charge is 0.489 e.